The van der Waals surface area contributed by atoms with Gasteiger partial charge in [-0.05, 0) is 37.8 Å². The van der Waals surface area contributed by atoms with Gasteiger partial charge in [-0.2, -0.15) is 4.31 Å². The predicted molar refractivity (Wildman–Crippen MR) is 93.1 cm³/mol. The summed E-state index contributed by atoms with van der Waals surface area (Å²) in [5.41, 5.74) is 0. The molecule has 5 nitrogen and oxygen atoms in total. The van der Waals surface area contributed by atoms with Gasteiger partial charge in [0.25, 0.3) is 10.0 Å². The van der Waals surface area contributed by atoms with E-state index >= 15 is 0 Å². The van der Waals surface area contributed by atoms with Crippen molar-refractivity contribution in [3.05, 3.63) is 17.0 Å². The van der Waals surface area contributed by atoms with Gasteiger partial charge in [0.15, 0.2) is 0 Å². The van der Waals surface area contributed by atoms with Crippen LogP contribution < -0.4 is 5.32 Å². The number of amides is 1. The van der Waals surface area contributed by atoms with Crippen LogP contribution in [0.3, 0.4) is 0 Å². The topological polar surface area (TPSA) is 66.5 Å². The van der Waals surface area contributed by atoms with E-state index in [2.05, 4.69) is 19.2 Å². The zero-order valence-electron chi connectivity index (χ0n) is 14.0. The molecule has 1 aromatic heterocycles. The number of thiophene rings is 1. The number of hydrogen-bond acceptors (Lipinski definition) is 4. The summed E-state index contributed by atoms with van der Waals surface area (Å²) >= 11 is 1.21. The van der Waals surface area contributed by atoms with Gasteiger partial charge in [-0.3, -0.25) is 4.79 Å². The summed E-state index contributed by atoms with van der Waals surface area (Å²) < 4.78 is 27.1. The van der Waals surface area contributed by atoms with Gasteiger partial charge >= 0.3 is 0 Å². The van der Waals surface area contributed by atoms with Gasteiger partial charge in [0.05, 0.1) is 6.42 Å². The first-order chi connectivity index (χ1) is 10.8. The SMILES string of the molecule is CC(C)C(C)NC(=O)Cc1ccc(S(=O)(=O)N2CCCCC2)s1. The molecule has 0 aliphatic carbocycles. The van der Waals surface area contributed by atoms with E-state index in [1.165, 1.54) is 11.3 Å². The van der Waals surface area contributed by atoms with Crippen molar-refractivity contribution in [2.45, 2.75) is 56.7 Å². The molecule has 0 spiro atoms. The van der Waals surface area contributed by atoms with Gasteiger partial charge in [-0.15, -0.1) is 11.3 Å². The minimum atomic E-state index is -3.39. The van der Waals surface area contributed by atoms with Crippen LogP contribution in [-0.2, 0) is 21.2 Å². The lowest BCUT2D eigenvalue weighted by Crippen LogP contribution is -2.36. The number of sulfonamides is 1. The first-order valence-corrected chi connectivity index (χ1v) is 10.4. The molecule has 0 bridgehead atoms. The highest BCUT2D eigenvalue weighted by atomic mass is 32.2. The van der Waals surface area contributed by atoms with E-state index in [1.54, 1.807) is 16.4 Å². The van der Waals surface area contributed by atoms with Crippen LogP contribution in [0.5, 0.6) is 0 Å². The van der Waals surface area contributed by atoms with Crippen LogP contribution in [0.4, 0.5) is 0 Å². The third kappa shape index (κ3) is 4.78. The fourth-order valence-corrected chi connectivity index (χ4v) is 5.48. The third-order valence-corrected chi connectivity index (χ3v) is 7.72. The van der Waals surface area contributed by atoms with Crippen LogP contribution in [0, 0.1) is 5.92 Å². The minimum absolute atomic E-state index is 0.0602. The van der Waals surface area contributed by atoms with Crippen LogP contribution >= 0.6 is 11.3 Å². The average Bonchev–Trinajstić information content (AvgIpc) is 2.97. The number of rotatable bonds is 6. The lowest BCUT2D eigenvalue weighted by molar-refractivity contribution is -0.121. The lowest BCUT2D eigenvalue weighted by Gasteiger charge is -2.25. The van der Waals surface area contributed by atoms with E-state index in [0.717, 1.165) is 24.1 Å². The standard InChI is InChI=1S/C16H26N2O3S2/c1-12(2)13(3)17-15(19)11-14-7-8-16(22-14)23(20,21)18-9-5-4-6-10-18/h7-8,12-13H,4-6,9-11H2,1-3H3,(H,17,19). The second-order valence-corrected chi connectivity index (χ2v) is 9.80. The molecule has 2 rings (SSSR count). The summed E-state index contributed by atoms with van der Waals surface area (Å²) in [6.45, 7) is 7.28. The smallest absolute Gasteiger partial charge is 0.252 e. The van der Waals surface area contributed by atoms with Crippen molar-refractivity contribution in [1.29, 1.82) is 0 Å². The molecule has 0 radical (unpaired) electrons. The van der Waals surface area contributed by atoms with Crippen LogP contribution in [-0.4, -0.2) is 37.8 Å². The maximum Gasteiger partial charge on any atom is 0.252 e. The molecule has 1 aliphatic heterocycles. The molecule has 1 fully saturated rings. The summed E-state index contributed by atoms with van der Waals surface area (Å²) in [4.78, 5) is 12.8. The summed E-state index contributed by atoms with van der Waals surface area (Å²) in [5, 5.41) is 2.95. The van der Waals surface area contributed by atoms with Crippen molar-refractivity contribution in [3.63, 3.8) is 0 Å². The Balaban J connectivity index is 2.01. The quantitative estimate of drug-likeness (QED) is 0.850. The Bertz CT molecular complexity index is 632. The van der Waals surface area contributed by atoms with Crippen LogP contribution in [0.2, 0.25) is 0 Å². The summed E-state index contributed by atoms with van der Waals surface area (Å²) in [7, 11) is -3.39. The van der Waals surface area contributed by atoms with Crippen molar-refractivity contribution in [2.75, 3.05) is 13.1 Å². The van der Waals surface area contributed by atoms with Crippen LogP contribution in [0.1, 0.15) is 44.9 Å². The maximum atomic E-state index is 12.6. The van der Waals surface area contributed by atoms with E-state index in [1.807, 2.05) is 6.92 Å². The van der Waals surface area contributed by atoms with Gasteiger partial charge in [0.2, 0.25) is 5.91 Å². The highest BCUT2D eigenvalue weighted by Gasteiger charge is 2.27. The van der Waals surface area contributed by atoms with Crippen LogP contribution in [0.25, 0.3) is 0 Å². The number of carbonyl (C=O) groups is 1. The molecule has 1 aliphatic rings. The van der Waals surface area contributed by atoms with Gasteiger partial charge in [-0.1, -0.05) is 20.3 Å². The third-order valence-electron chi connectivity index (χ3n) is 4.27. The molecule has 1 atom stereocenters. The van der Waals surface area contributed by atoms with Crippen molar-refractivity contribution < 1.29 is 13.2 Å². The number of nitrogens with zero attached hydrogens (tertiary/aromatic N) is 1. The number of hydrogen-bond donors (Lipinski definition) is 1. The fourth-order valence-electron chi connectivity index (χ4n) is 2.45. The molecule has 1 aromatic rings. The molecule has 1 N–H and O–H groups in total. The summed E-state index contributed by atoms with van der Waals surface area (Å²) in [6, 6.07) is 3.49. The van der Waals surface area contributed by atoms with Crippen molar-refractivity contribution >= 4 is 27.3 Å². The second-order valence-electron chi connectivity index (χ2n) is 6.46. The van der Waals surface area contributed by atoms with Gasteiger partial charge in [0.1, 0.15) is 4.21 Å². The Kier molecular flexibility index (Phi) is 6.22. The number of carbonyl (C=O) groups excluding carboxylic acids is 1. The summed E-state index contributed by atoms with van der Waals surface area (Å²) in [5.74, 6) is 0.312. The molecule has 1 amide bonds. The fraction of sp³-hybridized carbons (Fsp3) is 0.688. The monoisotopic (exact) mass is 358 g/mol. The zero-order chi connectivity index (χ0) is 17.0. The van der Waals surface area contributed by atoms with Gasteiger partial charge < -0.3 is 5.32 Å². The lowest BCUT2D eigenvalue weighted by atomic mass is 10.1. The Morgan fingerprint density at radius 3 is 2.48 bits per heavy atom. The van der Waals surface area contributed by atoms with Gasteiger partial charge in [0, 0.05) is 24.0 Å². The Hall–Kier alpha value is -0.920. The van der Waals surface area contributed by atoms with E-state index in [0.29, 0.717) is 23.2 Å². The number of piperidine rings is 1. The van der Waals surface area contributed by atoms with E-state index in [4.69, 9.17) is 0 Å². The molecule has 7 heteroatoms. The Morgan fingerprint density at radius 2 is 1.87 bits per heavy atom. The molecule has 1 unspecified atom stereocenters. The first-order valence-electron chi connectivity index (χ1n) is 8.19. The Labute approximate surface area is 143 Å². The number of nitrogens with one attached hydrogen (secondary N) is 1. The van der Waals surface area contributed by atoms with Crippen molar-refractivity contribution in [3.8, 4) is 0 Å². The summed E-state index contributed by atoms with van der Waals surface area (Å²) in [6.07, 6.45) is 3.17. The Morgan fingerprint density at radius 1 is 1.22 bits per heavy atom. The molecular formula is C16H26N2O3S2. The molecular weight excluding hydrogens is 332 g/mol. The van der Waals surface area contributed by atoms with Crippen molar-refractivity contribution in [1.82, 2.24) is 9.62 Å². The minimum Gasteiger partial charge on any atom is -0.353 e. The molecule has 0 saturated carbocycles. The molecule has 0 aromatic carbocycles. The highest BCUT2D eigenvalue weighted by molar-refractivity contribution is 7.91. The van der Waals surface area contributed by atoms with E-state index in [-0.39, 0.29) is 18.4 Å². The van der Waals surface area contributed by atoms with E-state index in [9.17, 15) is 13.2 Å². The molecule has 23 heavy (non-hydrogen) atoms. The van der Waals surface area contributed by atoms with Gasteiger partial charge in [-0.25, -0.2) is 8.42 Å². The zero-order valence-corrected chi connectivity index (χ0v) is 15.7. The second kappa shape index (κ2) is 7.77. The first kappa shape index (κ1) is 18.4. The molecule has 1 saturated heterocycles. The average molecular weight is 359 g/mol. The largest absolute Gasteiger partial charge is 0.353 e. The maximum absolute atomic E-state index is 12.6. The molecule has 130 valence electrons. The molecule has 2 heterocycles. The normalized spacial score (nSPS) is 18.1. The predicted octanol–water partition coefficient (Wildman–Crippen LogP) is 2.63. The van der Waals surface area contributed by atoms with Crippen LogP contribution in [0.15, 0.2) is 16.3 Å². The van der Waals surface area contributed by atoms with E-state index < -0.39 is 10.0 Å². The highest BCUT2D eigenvalue weighted by Crippen LogP contribution is 2.27. The van der Waals surface area contributed by atoms with Crippen molar-refractivity contribution in [2.24, 2.45) is 5.92 Å².